The first-order chi connectivity index (χ1) is 12.6. The highest BCUT2D eigenvalue weighted by molar-refractivity contribution is 5.90. The molecule has 0 aliphatic rings. The van der Waals surface area contributed by atoms with Crippen LogP contribution < -0.4 is 10.5 Å². The number of nitrogens with zero attached hydrogens (tertiary/aromatic N) is 3. The Kier molecular flexibility index (Phi) is 8.74. The summed E-state index contributed by atoms with van der Waals surface area (Å²) in [5, 5.41) is 4.53. The Bertz CT molecular complexity index is 719. The number of carbonyl (C=O) groups excluding carboxylic acids is 1. The van der Waals surface area contributed by atoms with Crippen LogP contribution in [0.5, 0.6) is 5.75 Å². The molecule has 0 unspecified atom stereocenters. The second-order valence-corrected chi connectivity index (χ2v) is 6.73. The van der Waals surface area contributed by atoms with Gasteiger partial charge in [0.05, 0.1) is 6.20 Å². The molecule has 0 saturated heterocycles. The Morgan fingerprint density at radius 2 is 2.00 bits per heavy atom. The van der Waals surface area contributed by atoms with Gasteiger partial charge in [-0.3, -0.25) is 9.78 Å². The number of carbonyl (C=O) groups is 1. The summed E-state index contributed by atoms with van der Waals surface area (Å²) in [6, 6.07) is 5.37. The van der Waals surface area contributed by atoms with Crippen LogP contribution in [0.1, 0.15) is 42.4 Å². The Hall–Kier alpha value is -2.61. The number of hydrogen-bond acceptors (Lipinski definition) is 4. The van der Waals surface area contributed by atoms with Gasteiger partial charge in [-0.2, -0.15) is 0 Å². The maximum atomic E-state index is 12.0. The molecule has 0 radical (unpaired) electrons. The first kappa shape index (κ1) is 22.4. The minimum absolute atomic E-state index is 0.0721. The lowest BCUT2D eigenvalue weighted by molar-refractivity contribution is 0.0818. The highest BCUT2D eigenvalue weighted by Crippen LogP contribution is 2.23. The quantitative estimate of drug-likeness (QED) is 0.824. The van der Waals surface area contributed by atoms with Crippen molar-refractivity contribution in [1.29, 1.82) is 0 Å². The van der Waals surface area contributed by atoms with E-state index in [-0.39, 0.29) is 11.2 Å². The van der Waals surface area contributed by atoms with Crippen LogP contribution in [0.15, 0.2) is 36.8 Å². The molecular formula is C19H25F2N4O2-. The number of aromatic nitrogens is 2. The van der Waals surface area contributed by atoms with Crippen LogP contribution >= 0.6 is 0 Å². The van der Waals surface area contributed by atoms with Crippen molar-refractivity contribution in [2.45, 2.75) is 46.2 Å². The standard InChI is InChI=1S/C14H20F2NO.C5H5N3O/c1-10-7-12(18-9-13(15)16)6-5-11(10)8-17-14(2,3)4;6-5(9)4-3-7-1-2-8-4/h5-7,13H,8-9H2,1-4H3;1-3H,(H2,6,9)/q-1;. The van der Waals surface area contributed by atoms with E-state index in [0.29, 0.717) is 12.3 Å². The lowest BCUT2D eigenvalue weighted by Gasteiger charge is -2.37. The van der Waals surface area contributed by atoms with E-state index in [0.717, 1.165) is 11.1 Å². The lowest BCUT2D eigenvalue weighted by Crippen LogP contribution is -2.12. The van der Waals surface area contributed by atoms with Crippen LogP contribution in [0.25, 0.3) is 5.32 Å². The summed E-state index contributed by atoms with van der Waals surface area (Å²) < 4.78 is 29.0. The number of aryl methyl sites for hydroxylation is 1. The van der Waals surface area contributed by atoms with Gasteiger partial charge < -0.3 is 15.8 Å². The van der Waals surface area contributed by atoms with Gasteiger partial charge in [-0.1, -0.05) is 32.4 Å². The number of hydrogen-bond donors (Lipinski definition) is 1. The number of primary amides is 1. The van der Waals surface area contributed by atoms with Gasteiger partial charge in [0.15, 0.2) is 0 Å². The summed E-state index contributed by atoms with van der Waals surface area (Å²) in [4.78, 5) is 17.6. The zero-order valence-electron chi connectivity index (χ0n) is 15.9. The minimum Gasteiger partial charge on any atom is -0.654 e. The molecule has 0 spiro atoms. The van der Waals surface area contributed by atoms with Crippen molar-refractivity contribution in [1.82, 2.24) is 9.97 Å². The average molecular weight is 379 g/mol. The number of nitrogens with two attached hydrogens (primary N) is 1. The fraction of sp³-hybridized carbons (Fsp3) is 0.421. The molecular weight excluding hydrogens is 354 g/mol. The van der Waals surface area contributed by atoms with E-state index >= 15 is 0 Å². The molecule has 1 amide bonds. The molecule has 0 bridgehead atoms. The van der Waals surface area contributed by atoms with E-state index in [2.05, 4.69) is 15.3 Å². The predicted molar refractivity (Wildman–Crippen MR) is 100 cm³/mol. The van der Waals surface area contributed by atoms with Gasteiger partial charge in [0.1, 0.15) is 18.1 Å². The van der Waals surface area contributed by atoms with Crippen LogP contribution in [0, 0.1) is 6.92 Å². The van der Waals surface area contributed by atoms with E-state index < -0.39 is 18.9 Å². The molecule has 0 atom stereocenters. The number of alkyl halides is 2. The van der Waals surface area contributed by atoms with Crippen LogP contribution in [-0.4, -0.2) is 34.4 Å². The number of rotatable bonds is 6. The van der Waals surface area contributed by atoms with E-state index in [4.69, 9.17) is 10.5 Å². The first-order valence-corrected chi connectivity index (χ1v) is 8.33. The fourth-order valence-corrected chi connectivity index (χ4v) is 1.84. The number of ether oxygens (including phenoxy) is 1. The number of halogens is 2. The summed E-state index contributed by atoms with van der Waals surface area (Å²) >= 11 is 0. The third-order valence-corrected chi connectivity index (χ3v) is 3.23. The minimum atomic E-state index is -2.44. The molecule has 2 N–H and O–H groups in total. The van der Waals surface area contributed by atoms with Crippen molar-refractivity contribution in [3.63, 3.8) is 0 Å². The van der Waals surface area contributed by atoms with Gasteiger partial charge in [-0.05, 0) is 24.6 Å². The van der Waals surface area contributed by atoms with Crippen LogP contribution in [0.3, 0.4) is 0 Å². The van der Waals surface area contributed by atoms with Crippen molar-refractivity contribution < 1.29 is 18.3 Å². The van der Waals surface area contributed by atoms with E-state index in [1.807, 2.05) is 33.8 Å². The molecule has 2 rings (SSSR count). The van der Waals surface area contributed by atoms with Gasteiger partial charge >= 0.3 is 0 Å². The largest absolute Gasteiger partial charge is 0.654 e. The van der Waals surface area contributed by atoms with Crippen LogP contribution in [-0.2, 0) is 6.54 Å². The summed E-state index contributed by atoms with van der Waals surface area (Å²) in [6.07, 6.45) is 1.77. The van der Waals surface area contributed by atoms with E-state index in [1.165, 1.54) is 18.6 Å². The number of amides is 1. The molecule has 148 valence electrons. The second-order valence-electron chi connectivity index (χ2n) is 6.73. The Balaban J connectivity index is 0.000000337. The summed E-state index contributed by atoms with van der Waals surface area (Å²) in [5.41, 5.74) is 7.09. The third kappa shape index (κ3) is 9.60. The summed E-state index contributed by atoms with van der Waals surface area (Å²) in [6.45, 7) is 8.13. The van der Waals surface area contributed by atoms with Crippen molar-refractivity contribution in [3.8, 4) is 5.75 Å². The van der Waals surface area contributed by atoms with Crippen molar-refractivity contribution in [3.05, 3.63) is 58.9 Å². The lowest BCUT2D eigenvalue weighted by atomic mass is 10.1. The molecule has 2 aromatic rings. The Morgan fingerprint density at radius 1 is 1.30 bits per heavy atom. The van der Waals surface area contributed by atoms with Crippen molar-refractivity contribution in [2.75, 3.05) is 6.61 Å². The molecule has 6 nitrogen and oxygen atoms in total. The SMILES string of the molecule is Cc1cc(OCC(F)F)ccc1C[N-]C(C)(C)C.NC(=O)c1cnccn1. The van der Waals surface area contributed by atoms with Gasteiger partial charge in [0, 0.05) is 12.4 Å². The van der Waals surface area contributed by atoms with Gasteiger partial charge in [0.2, 0.25) is 0 Å². The van der Waals surface area contributed by atoms with E-state index in [9.17, 15) is 13.6 Å². The second kappa shape index (κ2) is 10.5. The first-order valence-electron chi connectivity index (χ1n) is 8.33. The van der Waals surface area contributed by atoms with Crippen LogP contribution in [0.4, 0.5) is 8.78 Å². The maximum absolute atomic E-state index is 12.0. The third-order valence-electron chi connectivity index (χ3n) is 3.23. The fourth-order valence-electron chi connectivity index (χ4n) is 1.84. The van der Waals surface area contributed by atoms with Crippen LogP contribution in [0.2, 0.25) is 0 Å². The van der Waals surface area contributed by atoms with Gasteiger partial charge in [-0.15, -0.1) is 12.1 Å². The smallest absolute Gasteiger partial charge is 0.272 e. The normalized spacial score (nSPS) is 10.9. The predicted octanol–water partition coefficient (Wildman–Crippen LogP) is 3.89. The Morgan fingerprint density at radius 3 is 2.44 bits per heavy atom. The molecule has 1 aromatic carbocycles. The summed E-state index contributed by atoms with van der Waals surface area (Å²) in [5.74, 6) is -0.0737. The molecule has 0 aliphatic carbocycles. The highest BCUT2D eigenvalue weighted by Gasteiger charge is 2.05. The maximum Gasteiger partial charge on any atom is 0.272 e. The average Bonchev–Trinajstić information content (AvgIpc) is 2.59. The monoisotopic (exact) mass is 379 g/mol. The molecule has 0 fully saturated rings. The zero-order chi connectivity index (χ0) is 20.4. The molecule has 27 heavy (non-hydrogen) atoms. The van der Waals surface area contributed by atoms with Gasteiger partial charge in [-0.25, -0.2) is 13.8 Å². The number of benzene rings is 1. The highest BCUT2D eigenvalue weighted by atomic mass is 19.3. The molecule has 0 saturated carbocycles. The molecule has 1 heterocycles. The topological polar surface area (TPSA) is 92.2 Å². The summed E-state index contributed by atoms with van der Waals surface area (Å²) in [7, 11) is 0. The molecule has 1 aromatic heterocycles. The van der Waals surface area contributed by atoms with Gasteiger partial charge in [0.25, 0.3) is 12.3 Å². The van der Waals surface area contributed by atoms with Crippen molar-refractivity contribution >= 4 is 5.91 Å². The van der Waals surface area contributed by atoms with Crippen molar-refractivity contribution in [2.24, 2.45) is 5.73 Å². The Labute approximate surface area is 158 Å². The zero-order valence-corrected chi connectivity index (χ0v) is 15.9. The van der Waals surface area contributed by atoms with E-state index in [1.54, 1.807) is 12.1 Å². The molecule has 0 aliphatic heterocycles. The molecule has 8 heteroatoms.